The maximum atomic E-state index is 12.5. The molecule has 0 radical (unpaired) electrons. The largest absolute Gasteiger partial charge is 0.412 e. The first-order valence-corrected chi connectivity index (χ1v) is 5.33. The summed E-state index contributed by atoms with van der Waals surface area (Å²) in [6, 6.07) is 0. The maximum Gasteiger partial charge on any atom is 0.412 e. The van der Waals surface area contributed by atoms with Gasteiger partial charge in [-0.25, -0.2) is 0 Å². The number of carbonyl (C=O) groups excluding carboxylic acids is 1. The molecule has 0 aromatic heterocycles. The molecule has 90 valence electrons. The van der Waals surface area contributed by atoms with Crippen LogP contribution >= 0.6 is 11.6 Å². The van der Waals surface area contributed by atoms with Crippen molar-refractivity contribution in [1.82, 2.24) is 0 Å². The van der Waals surface area contributed by atoms with E-state index in [0.29, 0.717) is 12.8 Å². The Kier molecular flexibility index (Phi) is 4.19. The molecular formula is C11H12ClF3O. The van der Waals surface area contributed by atoms with Gasteiger partial charge in [-0.05, 0) is 30.4 Å². The molecule has 0 N–H and O–H groups in total. The van der Waals surface area contributed by atoms with E-state index in [1.54, 1.807) is 0 Å². The van der Waals surface area contributed by atoms with Crippen molar-refractivity contribution < 1.29 is 18.0 Å². The third-order valence-electron chi connectivity index (χ3n) is 2.57. The molecule has 0 spiro atoms. The molecule has 1 nitrogen and oxygen atoms in total. The Labute approximate surface area is 97.0 Å². The van der Waals surface area contributed by atoms with Crippen LogP contribution in [0, 0.1) is 5.92 Å². The van der Waals surface area contributed by atoms with Gasteiger partial charge in [0.25, 0.3) is 0 Å². The number of hydrogen-bond donors (Lipinski definition) is 0. The highest BCUT2D eigenvalue weighted by Crippen LogP contribution is 2.37. The third kappa shape index (κ3) is 3.67. The first-order chi connectivity index (χ1) is 7.30. The number of allylic oxidation sites excluding steroid dienone is 4. The lowest BCUT2D eigenvalue weighted by Crippen LogP contribution is -2.20. The van der Waals surface area contributed by atoms with E-state index in [1.165, 1.54) is 13.0 Å². The van der Waals surface area contributed by atoms with Crippen LogP contribution in [-0.4, -0.2) is 11.4 Å². The van der Waals surface area contributed by atoms with Gasteiger partial charge in [0, 0.05) is 12.0 Å². The minimum absolute atomic E-state index is 0.176. The summed E-state index contributed by atoms with van der Waals surface area (Å²) in [5.41, 5.74) is 0.336. The Bertz CT molecular complexity index is 342. The standard InChI is InChI=1S/C11H12ClF3O/c1-7-6-8(3-5-10(12)16)2-4-9(7)11(13,14)15/h2,4,7H,3,5-6H2,1H3. The summed E-state index contributed by atoms with van der Waals surface area (Å²) in [5, 5.41) is -0.459. The van der Waals surface area contributed by atoms with Gasteiger partial charge in [0.1, 0.15) is 0 Å². The summed E-state index contributed by atoms with van der Waals surface area (Å²) in [7, 11) is 0. The smallest absolute Gasteiger partial charge is 0.281 e. The number of rotatable bonds is 3. The van der Waals surface area contributed by atoms with E-state index in [0.717, 1.165) is 11.6 Å². The Morgan fingerprint density at radius 2 is 2.12 bits per heavy atom. The van der Waals surface area contributed by atoms with Crippen molar-refractivity contribution >= 4 is 16.8 Å². The second-order valence-corrected chi connectivity index (χ2v) is 4.33. The van der Waals surface area contributed by atoms with Crippen LogP contribution < -0.4 is 0 Å². The van der Waals surface area contributed by atoms with Gasteiger partial charge < -0.3 is 0 Å². The topological polar surface area (TPSA) is 17.1 Å². The summed E-state index contributed by atoms with van der Waals surface area (Å²) in [6.07, 6.45) is -0.756. The second kappa shape index (κ2) is 5.04. The molecule has 0 bridgehead atoms. The van der Waals surface area contributed by atoms with Gasteiger partial charge in [-0.3, -0.25) is 4.79 Å². The van der Waals surface area contributed by atoms with Crippen molar-refractivity contribution in [2.24, 2.45) is 5.92 Å². The van der Waals surface area contributed by atoms with Crippen LogP contribution in [-0.2, 0) is 4.79 Å². The van der Waals surface area contributed by atoms with E-state index in [9.17, 15) is 18.0 Å². The van der Waals surface area contributed by atoms with Crippen molar-refractivity contribution in [3.05, 3.63) is 23.3 Å². The molecule has 0 saturated heterocycles. The Hall–Kier alpha value is -0.770. The van der Waals surface area contributed by atoms with Crippen molar-refractivity contribution in [2.45, 2.75) is 32.4 Å². The molecule has 1 atom stereocenters. The molecule has 0 heterocycles. The molecule has 0 aromatic rings. The maximum absolute atomic E-state index is 12.5. The van der Waals surface area contributed by atoms with E-state index in [2.05, 4.69) is 0 Å². The first-order valence-electron chi connectivity index (χ1n) is 4.96. The van der Waals surface area contributed by atoms with Crippen LogP contribution in [0.4, 0.5) is 13.2 Å². The average molecular weight is 253 g/mol. The molecule has 1 unspecified atom stereocenters. The molecule has 0 aromatic carbocycles. The predicted octanol–water partition coefficient (Wildman–Crippen LogP) is 3.99. The highest BCUT2D eigenvalue weighted by molar-refractivity contribution is 6.63. The number of halogens is 4. The summed E-state index contributed by atoms with van der Waals surface area (Å²) in [6.45, 7) is 1.54. The molecule has 5 heteroatoms. The fourth-order valence-corrected chi connectivity index (χ4v) is 1.86. The monoisotopic (exact) mass is 252 g/mol. The quantitative estimate of drug-likeness (QED) is 0.694. The highest BCUT2D eigenvalue weighted by Gasteiger charge is 2.37. The molecule has 1 aliphatic carbocycles. The normalized spacial score (nSPS) is 21.4. The van der Waals surface area contributed by atoms with Gasteiger partial charge in [0.05, 0.1) is 0 Å². The Morgan fingerprint density at radius 1 is 1.50 bits per heavy atom. The fraction of sp³-hybridized carbons (Fsp3) is 0.545. The summed E-state index contributed by atoms with van der Waals surface area (Å²) >= 11 is 5.17. The predicted molar refractivity (Wildman–Crippen MR) is 56.1 cm³/mol. The van der Waals surface area contributed by atoms with Gasteiger partial charge >= 0.3 is 6.18 Å². The van der Waals surface area contributed by atoms with Crippen LogP contribution in [0.2, 0.25) is 0 Å². The van der Waals surface area contributed by atoms with E-state index < -0.39 is 22.9 Å². The minimum atomic E-state index is -4.26. The van der Waals surface area contributed by atoms with E-state index >= 15 is 0 Å². The number of hydrogen-bond acceptors (Lipinski definition) is 1. The lowest BCUT2D eigenvalue weighted by molar-refractivity contribution is -0.111. The average Bonchev–Trinajstić information content (AvgIpc) is 2.12. The van der Waals surface area contributed by atoms with Gasteiger partial charge in [0.2, 0.25) is 5.24 Å². The molecule has 0 amide bonds. The van der Waals surface area contributed by atoms with Crippen LogP contribution in [0.15, 0.2) is 23.3 Å². The van der Waals surface area contributed by atoms with Crippen molar-refractivity contribution in [1.29, 1.82) is 0 Å². The molecule has 0 aliphatic heterocycles. The van der Waals surface area contributed by atoms with Crippen LogP contribution in [0.25, 0.3) is 0 Å². The van der Waals surface area contributed by atoms with Gasteiger partial charge in [-0.2, -0.15) is 13.2 Å². The second-order valence-electron chi connectivity index (χ2n) is 3.90. The van der Waals surface area contributed by atoms with E-state index in [-0.39, 0.29) is 6.42 Å². The first kappa shape index (κ1) is 13.3. The van der Waals surface area contributed by atoms with E-state index in [4.69, 9.17) is 11.6 Å². The third-order valence-corrected chi connectivity index (χ3v) is 2.76. The van der Waals surface area contributed by atoms with Crippen molar-refractivity contribution in [2.75, 3.05) is 0 Å². The van der Waals surface area contributed by atoms with Crippen molar-refractivity contribution in [3.8, 4) is 0 Å². The molecule has 0 fully saturated rings. The van der Waals surface area contributed by atoms with E-state index in [1.807, 2.05) is 0 Å². The number of alkyl halides is 3. The van der Waals surface area contributed by atoms with Crippen LogP contribution in [0.5, 0.6) is 0 Å². The van der Waals surface area contributed by atoms with Gasteiger partial charge in [-0.1, -0.05) is 24.6 Å². The van der Waals surface area contributed by atoms with Gasteiger partial charge in [0.15, 0.2) is 0 Å². The summed E-state index contributed by atoms with van der Waals surface area (Å²) in [5.74, 6) is -0.551. The number of carbonyl (C=O) groups is 1. The lowest BCUT2D eigenvalue weighted by atomic mass is 9.86. The Balaban J connectivity index is 2.71. The molecular weight excluding hydrogens is 241 g/mol. The zero-order valence-corrected chi connectivity index (χ0v) is 9.53. The SMILES string of the molecule is CC1CC(CCC(=O)Cl)=CC=C1C(F)(F)F. The van der Waals surface area contributed by atoms with Crippen molar-refractivity contribution in [3.63, 3.8) is 0 Å². The van der Waals surface area contributed by atoms with Crippen LogP contribution in [0.3, 0.4) is 0 Å². The zero-order valence-electron chi connectivity index (χ0n) is 8.77. The Morgan fingerprint density at radius 3 is 2.56 bits per heavy atom. The molecule has 16 heavy (non-hydrogen) atoms. The molecule has 1 rings (SSSR count). The molecule has 1 aliphatic rings. The minimum Gasteiger partial charge on any atom is -0.281 e. The highest BCUT2D eigenvalue weighted by atomic mass is 35.5. The van der Waals surface area contributed by atoms with Crippen LogP contribution in [0.1, 0.15) is 26.2 Å². The lowest BCUT2D eigenvalue weighted by Gasteiger charge is -2.23. The molecule has 0 saturated carbocycles. The zero-order chi connectivity index (χ0) is 12.3. The van der Waals surface area contributed by atoms with Gasteiger partial charge in [-0.15, -0.1) is 0 Å². The fourth-order valence-electron chi connectivity index (χ4n) is 1.76. The summed E-state index contributed by atoms with van der Waals surface area (Å²) < 4.78 is 37.4. The summed E-state index contributed by atoms with van der Waals surface area (Å²) in [4.78, 5) is 10.5.